The Morgan fingerprint density at radius 1 is 1.42 bits per heavy atom. The summed E-state index contributed by atoms with van der Waals surface area (Å²) in [5, 5.41) is 4.55. The van der Waals surface area contributed by atoms with Crippen LogP contribution in [0.3, 0.4) is 0 Å². The first-order valence-corrected chi connectivity index (χ1v) is 9.42. The van der Waals surface area contributed by atoms with Gasteiger partial charge in [0.15, 0.2) is 6.10 Å². The van der Waals surface area contributed by atoms with Gasteiger partial charge >= 0.3 is 5.97 Å². The van der Waals surface area contributed by atoms with Gasteiger partial charge in [-0.15, -0.1) is 23.1 Å². The number of amides is 1. The molecule has 8 heteroatoms. The molecule has 0 aliphatic rings. The SMILES string of the molecule is C[C@H](OC(=O)CSCc1cccs1)C(=O)Nc1ccc(F)cc1Cl. The Labute approximate surface area is 152 Å². The van der Waals surface area contributed by atoms with Crippen LogP contribution in [0.2, 0.25) is 5.02 Å². The Morgan fingerprint density at radius 2 is 2.21 bits per heavy atom. The maximum absolute atomic E-state index is 13.0. The van der Waals surface area contributed by atoms with Crippen molar-refractivity contribution in [3.63, 3.8) is 0 Å². The van der Waals surface area contributed by atoms with Crippen molar-refractivity contribution in [2.75, 3.05) is 11.1 Å². The highest BCUT2D eigenvalue weighted by atomic mass is 35.5. The number of carbonyl (C=O) groups excluding carboxylic acids is 2. The molecule has 1 aromatic carbocycles. The first kappa shape index (κ1) is 18.8. The first-order chi connectivity index (χ1) is 11.5. The predicted molar refractivity (Wildman–Crippen MR) is 96.1 cm³/mol. The van der Waals surface area contributed by atoms with Crippen LogP contribution >= 0.6 is 34.7 Å². The molecule has 2 rings (SSSR count). The molecule has 1 aromatic heterocycles. The van der Waals surface area contributed by atoms with E-state index in [0.717, 1.165) is 11.8 Å². The molecule has 0 aliphatic carbocycles. The van der Waals surface area contributed by atoms with Gasteiger partial charge in [-0.1, -0.05) is 17.7 Å². The molecule has 1 N–H and O–H groups in total. The Hall–Kier alpha value is -1.57. The topological polar surface area (TPSA) is 55.4 Å². The Bertz CT molecular complexity index is 709. The molecule has 4 nitrogen and oxygen atoms in total. The summed E-state index contributed by atoms with van der Waals surface area (Å²) in [5.74, 6) is -0.615. The van der Waals surface area contributed by atoms with E-state index in [2.05, 4.69) is 5.32 Å². The van der Waals surface area contributed by atoms with Gasteiger partial charge in [0.2, 0.25) is 0 Å². The zero-order chi connectivity index (χ0) is 17.5. The van der Waals surface area contributed by atoms with Crippen LogP contribution < -0.4 is 5.32 Å². The number of hydrogen-bond acceptors (Lipinski definition) is 5. The lowest BCUT2D eigenvalue weighted by molar-refractivity contribution is -0.150. The molecule has 0 saturated carbocycles. The molecule has 0 fully saturated rings. The van der Waals surface area contributed by atoms with E-state index in [0.29, 0.717) is 0 Å². The standard InChI is InChI=1S/C16H15ClFNO3S2/c1-10(16(21)19-14-5-4-11(18)7-13(14)17)22-15(20)9-23-8-12-3-2-6-24-12/h2-7,10H,8-9H2,1H3,(H,19,21)/t10-/m0/s1. The molecule has 0 aliphatic heterocycles. The van der Waals surface area contributed by atoms with Crippen LogP contribution in [0.15, 0.2) is 35.7 Å². The number of rotatable bonds is 7. The summed E-state index contributed by atoms with van der Waals surface area (Å²) in [4.78, 5) is 24.9. The van der Waals surface area contributed by atoms with E-state index in [9.17, 15) is 14.0 Å². The van der Waals surface area contributed by atoms with E-state index in [4.69, 9.17) is 16.3 Å². The number of ether oxygens (including phenoxy) is 1. The molecule has 24 heavy (non-hydrogen) atoms. The van der Waals surface area contributed by atoms with Crippen molar-refractivity contribution in [2.45, 2.75) is 18.8 Å². The van der Waals surface area contributed by atoms with E-state index in [-0.39, 0.29) is 16.5 Å². The molecular weight excluding hydrogens is 373 g/mol. The number of nitrogens with one attached hydrogen (secondary N) is 1. The second-order valence-electron chi connectivity index (χ2n) is 4.82. The van der Waals surface area contributed by atoms with Crippen LogP contribution in [0, 0.1) is 5.82 Å². The van der Waals surface area contributed by atoms with Gasteiger partial charge in [0, 0.05) is 10.6 Å². The third-order valence-corrected chi connectivity index (χ3v) is 5.24. The molecule has 2 aromatic rings. The van der Waals surface area contributed by atoms with Gasteiger partial charge in [-0.2, -0.15) is 0 Å². The summed E-state index contributed by atoms with van der Waals surface area (Å²) in [5.41, 5.74) is 0.262. The molecule has 1 atom stereocenters. The maximum Gasteiger partial charge on any atom is 0.316 e. The van der Waals surface area contributed by atoms with Crippen LogP contribution in [0.1, 0.15) is 11.8 Å². The number of anilines is 1. The van der Waals surface area contributed by atoms with Gasteiger partial charge in [-0.25, -0.2) is 4.39 Å². The van der Waals surface area contributed by atoms with E-state index < -0.39 is 23.8 Å². The summed E-state index contributed by atoms with van der Waals surface area (Å²) in [7, 11) is 0. The number of thiophene rings is 1. The average molecular weight is 388 g/mol. The minimum absolute atomic E-state index is 0.0772. The van der Waals surface area contributed by atoms with Crippen molar-refractivity contribution in [3.8, 4) is 0 Å². The monoisotopic (exact) mass is 387 g/mol. The smallest absolute Gasteiger partial charge is 0.316 e. The second-order valence-corrected chi connectivity index (χ2v) is 7.24. The lowest BCUT2D eigenvalue weighted by Crippen LogP contribution is -2.30. The minimum Gasteiger partial charge on any atom is -0.452 e. The van der Waals surface area contributed by atoms with Gasteiger partial charge in [-0.3, -0.25) is 9.59 Å². The molecule has 1 amide bonds. The number of carbonyl (C=O) groups is 2. The highest BCUT2D eigenvalue weighted by Gasteiger charge is 2.19. The third-order valence-electron chi connectivity index (χ3n) is 2.91. The molecule has 0 saturated heterocycles. The van der Waals surface area contributed by atoms with E-state index in [1.165, 1.54) is 35.7 Å². The van der Waals surface area contributed by atoms with E-state index in [1.807, 2.05) is 17.5 Å². The summed E-state index contributed by atoms with van der Waals surface area (Å²) in [6.07, 6.45) is -0.971. The lowest BCUT2D eigenvalue weighted by Gasteiger charge is -2.14. The van der Waals surface area contributed by atoms with Crippen LogP contribution in [0.5, 0.6) is 0 Å². The second kappa shape index (κ2) is 9.05. The van der Waals surface area contributed by atoms with E-state index >= 15 is 0 Å². The van der Waals surface area contributed by atoms with Crippen molar-refractivity contribution >= 4 is 52.3 Å². The quantitative estimate of drug-likeness (QED) is 0.718. The van der Waals surface area contributed by atoms with Crippen molar-refractivity contribution in [3.05, 3.63) is 51.4 Å². The van der Waals surface area contributed by atoms with Crippen LogP contribution in [0.25, 0.3) is 0 Å². The van der Waals surface area contributed by atoms with Crippen molar-refractivity contribution < 1.29 is 18.7 Å². The number of hydrogen-bond donors (Lipinski definition) is 1. The average Bonchev–Trinajstić information content (AvgIpc) is 3.03. The predicted octanol–water partition coefficient (Wildman–Crippen LogP) is 4.34. The minimum atomic E-state index is -0.971. The summed E-state index contributed by atoms with van der Waals surface area (Å²) in [6.45, 7) is 1.47. The number of halogens is 2. The largest absolute Gasteiger partial charge is 0.452 e. The van der Waals surface area contributed by atoms with Gasteiger partial charge < -0.3 is 10.1 Å². The summed E-state index contributed by atoms with van der Waals surface area (Å²) < 4.78 is 18.0. The van der Waals surface area contributed by atoms with Crippen molar-refractivity contribution in [2.24, 2.45) is 0 Å². The fourth-order valence-electron chi connectivity index (χ4n) is 1.74. The highest BCUT2D eigenvalue weighted by Crippen LogP contribution is 2.22. The summed E-state index contributed by atoms with van der Waals surface area (Å²) in [6, 6.07) is 7.56. The van der Waals surface area contributed by atoms with Gasteiger partial charge in [0.05, 0.1) is 16.5 Å². The molecule has 0 radical (unpaired) electrons. The first-order valence-electron chi connectivity index (χ1n) is 7.01. The molecule has 1 heterocycles. The number of esters is 1. The maximum atomic E-state index is 13.0. The molecule has 0 bridgehead atoms. The third kappa shape index (κ3) is 5.81. The fraction of sp³-hybridized carbons (Fsp3) is 0.250. The van der Waals surface area contributed by atoms with Gasteiger partial charge in [-0.05, 0) is 36.6 Å². The van der Waals surface area contributed by atoms with Crippen LogP contribution in [-0.2, 0) is 20.1 Å². The zero-order valence-corrected chi connectivity index (χ0v) is 15.1. The van der Waals surface area contributed by atoms with Crippen LogP contribution in [-0.4, -0.2) is 23.7 Å². The number of thioether (sulfide) groups is 1. The van der Waals surface area contributed by atoms with Crippen molar-refractivity contribution in [1.29, 1.82) is 0 Å². The summed E-state index contributed by atoms with van der Waals surface area (Å²) >= 11 is 8.88. The van der Waals surface area contributed by atoms with E-state index in [1.54, 1.807) is 11.3 Å². The Morgan fingerprint density at radius 3 is 2.88 bits per heavy atom. The lowest BCUT2D eigenvalue weighted by atomic mass is 10.3. The van der Waals surface area contributed by atoms with Crippen molar-refractivity contribution in [1.82, 2.24) is 0 Å². The molecular formula is C16H15ClFNO3S2. The molecule has 128 valence electrons. The van der Waals surface area contributed by atoms with Gasteiger partial charge in [0.1, 0.15) is 5.82 Å². The fourth-order valence-corrected chi connectivity index (χ4v) is 3.60. The number of benzene rings is 1. The van der Waals surface area contributed by atoms with Gasteiger partial charge in [0.25, 0.3) is 5.91 Å². The molecule has 0 spiro atoms. The van der Waals surface area contributed by atoms with Crippen LogP contribution in [0.4, 0.5) is 10.1 Å². The molecule has 0 unspecified atom stereocenters. The Kier molecular flexibility index (Phi) is 7.08. The zero-order valence-electron chi connectivity index (χ0n) is 12.8. The highest BCUT2D eigenvalue weighted by molar-refractivity contribution is 7.99. The Balaban J connectivity index is 1.76. The normalized spacial score (nSPS) is 11.8.